The van der Waals surface area contributed by atoms with E-state index in [4.69, 9.17) is 0 Å². The zero-order valence-corrected chi connectivity index (χ0v) is 11.9. The second kappa shape index (κ2) is 6.67. The summed E-state index contributed by atoms with van der Waals surface area (Å²) in [6.45, 7) is 1.57. The van der Waals surface area contributed by atoms with E-state index in [1.807, 2.05) is 0 Å². The lowest BCUT2D eigenvalue weighted by Crippen LogP contribution is -2.48. The first-order valence-corrected chi connectivity index (χ1v) is 7.03. The summed E-state index contributed by atoms with van der Waals surface area (Å²) in [5, 5.41) is 14.7. The van der Waals surface area contributed by atoms with Crippen molar-refractivity contribution in [3.63, 3.8) is 0 Å². The van der Waals surface area contributed by atoms with E-state index in [9.17, 15) is 19.1 Å². The number of aliphatic hydroxyl groups is 1. The Hall–Kier alpha value is -1.95. The van der Waals surface area contributed by atoms with Crippen molar-refractivity contribution in [3.8, 4) is 0 Å². The molecule has 6 heteroatoms. The van der Waals surface area contributed by atoms with Crippen LogP contribution in [0.25, 0.3) is 0 Å². The first-order valence-electron chi connectivity index (χ1n) is 7.03. The molecule has 3 N–H and O–H groups in total. The van der Waals surface area contributed by atoms with Gasteiger partial charge in [-0.05, 0) is 43.5 Å². The number of carbonyl (C=O) groups excluding carboxylic acids is 2. The molecular weight excluding hydrogens is 275 g/mol. The zero-order valence-electron chi connectivity index (χ0n) is 11.9. The lowest BCUT2D eigenvalue weighted by molar-refractivity contribution is -0.137. The molecular formula is C15H19FN2O3. The highest BCUT2D eigenvalue weighted by molar-refractivity contribution is 6.39. The number of halogens is 1. The number of carbonyl (C=O) groups is 2. The molecule has 1 aliphatic carbocycles. The Morgan fingerprint density at radius 2 is 1.95 bits per heavy atom. The van der Waals surface area contributed by atoms with Crippen LogP contribution in [0, 0.1) is 12.7 Å². The van der Waals surface area contributed by atoms with E-state index in [0.29, 0.717) is 24.1 Å². The number of hydrogen-bond acceptors (Lipinski definition) is 3. The van der Waals surface area contributed by atoms with E-state index in [0.717, 1.165) is 12.8 Å². The van der Waals surface area contributed by atoms with Crippen molar-refractivity contribution < 1.29 is 19.1 Å². The molecule has 114 valence electrons. The quantitative estimate of drug-likeness (QED) is 0.723. The van der Waals surface area contributed by atoms with Gasteiger partial charge in [0.1, 0.15) is 5.82 Å². The molecule has 0 spiro atoms. The van der Waals surface area contributed by atoms with Gasteiger partial charge in [-0.1, -0.05) is 12.8 Å². The fraction of sp³-hybridized carbons (Fsp3) is 0.467. The Labute approximate surface area is 122 Å². The minimum Gasteiger partial charge on any atom is -0.391 e. The van der Waals surface area contributed by atoms with Gasteiger partial charge < -0.3 is 15.7 Å². The van der Waals surface area contributed by atoms with Gasteiger partial charge in [-0.3, -0.25) is 9.59 Å². The van der Waals surface area contributed by atoms with E-state index >= 15 is 0 Å². The van der Waals surface area contributed by atoms with Crippen molar-refractivity contribution in [1.29, 1.82) is 0 Å². The molecule has 21 heavy (non-hydrogen) atoms. The van der Waals surface area contributed by atoms with Crippen LogP contribution >= 0.6 is 0 Å². The lowest BCUT2D eigenvalue weighted by atomic mass is 9.92. The van der Waals surface area contributed by atoms with Crippen LogP contribution in [0.4, 0.5) is 10.1 Å². The third-order valence-corrected chi connectivity index (χ3v) is 3.67. The molecule has 5 nitrogen and oxygen atoms in total. The van der Waals surface area contributed by atoms with Crippen LogP contribution < -0.4 is 10.6 Å². The van der Waals surface area contributed by atoms with Crippen molar-refractivity contribution in [2.45, 2.75) is 44.8 Å². The highest BCUT2D eigenvalue weighted by Gasteiger charge is 2.26. The third kappa shape index (κ3) is 4.01. The third-order valence-electron chi connectivity index (χ3n) is 3.67. The Morgan fingerprint density at radius 3 is 2.62 bits per heavy atom. The van der Waals surface area contributed by atoms with Crippen LogP contribution in [0.2, 0.25) is 0 Å². The molecule has 0 bridgehead atoms. The predicted octanol–water partition coefficient (Wildman–Crippen LogP) is 1.49. The normalized spacial score (nSPS) is 21.7. The number of aryl methyl sites for hydroxylation is 1. The summed E-state index contributed by atoms with van der Waals surface area (Å²) >= 11 is 0. The average molecular weight is 294 g/mol. The van der Waals surface area contributed by atoms with Gasteiger partial charge in [0.2, 0.25) is 0 Å². The number of nitrogens with one attached hydrogen (secondary N) is 2. The van der Waals surface area contributed by atoms with Crippen LogP contribution in [-0.4, -0.2) is 29.1 Å². The van der Waals surface area contributed by atoms with Crippen molar-refractivity contribution >= 4 is 17.5 Å². The Kier molecular flexibility index (Phi) is 4.90. The molecule has 2 unspecified atom stereocenters. The highest BCUT2D eigenvalue weighted by atomic mass is 19.1. The zero-order chi connectivity index (χ0) is 15.4. The number of amides is 2. The average Bonchev–Trinajstić information content (AvgIpc) is 2.45. The van der Waals surface area contributed by atoms with E-state index in [-0.39, 0.29) is 11.9 Å². The highest BCUT2D eigenvalue weighted by Crippen LogP contribution is 2.18. The van der Waals surface area contributed by atoms with Crippen LogP contribution in [0.15, 0.2) is 18.2 Å². The fourth-order valence-corrected chi connectivity index (χ4v) is 2.42. The second-order valence-corrected chi connectivity index (χ2v) is 5.35. The van der Waals surface area contributed by atoms with E-state index in [1.165, 1.54) is 18.2 Å². The van der Waals surface area contributed by atoms with Crippen molar-refractivity contribution in [2.24, 2.45) is 0 Å². The van der Waals surface area contributed by atoms with Gasteiger partial charge in [0.25, 0.3) is 0 Å². The molecule has 2 atom stereocenters. The van der Waals surface area contributed by atoms with Gasteiger partial charge in [-0.2, -0.15) is 0 Å². The molecule has 0 radical (unpaired) electrons. The molecule has 2 amide bonds. The molecule has 1 saturated carbocycles. The first-order chi connectivity index (χ1) is 9.97. The molecule has 2 rings (SSSR count). The van der Waals surface area contributed by atoms with Gasteiger partial charge >= 0.3 is 11.8 Å². The minimum absolute atomic E-state index is 0.359. The number of rotatable bonds is 2. The van der Waals surface area contributed by atoms with Crippen molar-refractivity contribution in [2.75, 3.05) is 5.32 Å². The topological polar surface area (TPSA) is 78.4 Å². The maximum Gasteiger partial charge on any atom is 0.313 e. The SMILES string of the molecule is Cc1cc(NC(=O)C(=O)NC2CCCCC2O)ccc1F. The standard InChI is InChI=1S/C15H19FN2O3/c1-9-8-10(6-7-11(9)16)17-14(20)15(21)18-12-4-2-3-5-13(12)19/h6-8,12-13,19H,2-5H2,1H3,(H,17,20)(H,18,21). The Morgan fingerprint density at radius 1 is 1.24 bits per heavy atom. The molecule has 1 aliphatic rings. The molecule has 1 aromatic carbocycles. The smallest absolute Gasteiger partial charge is 0.313 e. The van der Waals surface area contributed by atoms with E-state index < -0.39 is 17.9 Å². The summed E-state index contributed by atoms with van der Waals surface area (Å²) in [6, 6.07) is 3.69. The number of hydrogen-bond donors (Lipinski definition) is 3. The summed E-state index contributed by atoms with van der Waals surface area (Å²) in [5.74, 6) is -1.98. The van der Waals surface area contributed by atoms with Crippen LogP contribution in [0.5, 0.6) is 0 Å². The van der Waals surface area contributed by atoms with Crippen molar-refractivity contribution in [3.05, 3.63) is 29.6 Å². The molecule has 0 heterocycles. The Balaban J connectivity index is 1.93. The van der Waals surface area contributed by atoms with Gasteiger partial charge in [0.05, 0.1) is 12.1 Å². The molecule has 1 fully saturated rings. The molecule has 0 saturated heterocycles. The number of anilines is 1. The summed E-state index contributed by atoms with van der Waals surface area (Å²) in [4.78, 5) is 23.6. The molecule has 0 aliphatic heterocycles. The van der Waals surface area contributed by atoms with E-state index in [1.54, 1.807) is 6.92 Å². The largest absolute Gasteiger partial charge is 0.391 e. The lowest BCUT2D eigenvalue weighted by Gasteiger charge is -2.27. The second-order valence-electron chi connectivity index (χ2n) is 5.35. The van der Waals surface area contributed by atoms with Crippen LogP contribution in [0.3, 0.4) is 0 Å². The summed E-state index contributed by atoms with van der Waals surface area (Å²) in [5.41, 5.74) is 0.745. The maximum atomic E-state index is 13.1. The van der Waals surface area contributed by atoms with E-state index in [2.05, 4.69) is 10.6 Å². The van der Waals surface area contributed by atoms with Gasteiger partial charge in [0.15, 0.2) is 0 Å². The van der Waals surface area contributed by atoms with Gasteiger partial charge in [-0.25, -0.2) is 4.39 Å². The fourth-order valence-electron chi connectivity index (χ4n) is 2.42. The molecule has 0 aromatic heterocycles. The summed E-state index contributed by atoms with van der Waals surface area (Å²) < 4.78 is 13.1. The van der Waals surface area contributed by atoms with Gasteiger partial charge in [0, 0.05) is 5.69 Å². The number of aliphatic hydroxyl groups excluding tert-OH is 1. The number of benzene rings is 1. The van der Waals surface area contributed by atoms with Gasteiger partial charge in [-0.15, -0.1) is 0 Å². The summed E-state index contributed by atoms with van der Waals surface area (Å²) in [7, 11) is 0. The maximum absolute atomic E-state index is 13.1. The first kappa shape index (κ1) is 15.4. The van der Waals surface area contributed by atoms with Crippen LogP contribution in [-0.2, 0) is 9.59 Å². The van der Waals surface area contributed by atoms with Crippen molar-refractivity contribution in [1.82, 2.24) is 5.32 Å². The Bertz CT molecular complexity index is 548. The predicted molar refractivity (Wildman–Crippen MR) is 76.2 cm³/mol. The monoisotopic (exact) mass is 294 g/mol. The van der Waals surface area contributed by atoms with Crippen LogP contribution in [0.1, 0.15) is 31.2 Å². The summed E-state index contributed by atoms with van der Waals surface area (Å²) in [6.07, 6.45) is 2.53. The minimum atomic E-state index is -0.821. The molecule has 1 aromatic rings.